The molecule has 0 aliphatic heterocycles. The van der Waals surface area contributed by atoms with Crippen LogP contribution in [0.1, 0.15) is 50.7 Å². The van der Waals surface area contributed by atoms with Crippen molar-refractivity contribution in [2.45, 2.75) is 32.4 Å². The number of pyridine rings is 1. The third-order valence-electron chi connectivity index (χ3n) is 7.59. The summed E-state index contributed by atoms with van der Waals surface area (Å²) >= 11 is 0.938. The molecule has 0 radical (unpaired) electrons. The van der Waals surface area contributed by atoms with Gasteiger partial charge in [0.25, 0.3) is 11.8 Å². The number of aromatic nitrogens is 1. The number of aryl methyl sites for hydroxylation is 1. The summed E-state index contributed by atoms with van der Waals surface area (Å²) in [6, 6.07) is 9.85. The number of carbonyl (C=O) groups excluding carboxylic acids is 5. The molecule has 2 heterocycles. The quantitative estimate of drug-likeness (QED) is 0.0527. The summed E-state index contributed by atoms with van der Waals surface area (Å²) < 4.78 is 91.2. The Kier molecular flexibility index (Phi) is 12.7. The Balaban J connectivity index is 1.69. The van der Waals surface area contributed by atoms with E-state index in [9.17, 15) is 37.1 Å². The first-order valence-corrected chi connectivity index (χ1v) is 16.8. The van der Waals surface area contributed by atoms with Gasteiger partial charge in [0.05, 0.1) is 35.7 Å². The number of ether oxygens (including phenoxy) is 4. The molecule has 54 heavy (non-hydrogen) atoms. The van der Waals surface area contributed by atoms with Gasteiger partial charge in [-0.15, -0.1) is 11.3 Å². The van der Waals surface area contributed by atoms with E-state index in [0.717, 1.165) is 40.5 Å². The maximum Gasteiger partial charge on any atom is 0.514 e. The van der Waals surface area contributed by atoms with Crippen LogP contribution in [0.5, 0.6) is 5.75 Å². The molecular weight excluding hydrogens is 745 g/mol. The first kappa shape index (κ1) is 40.9. The second kappa shape index (κ2) is 16.8. The predicted octanol–water partition coefficient (Wildman–Crippen LogP) is 6.95. The fourth-order valence-electron chi connectivity index (χ4n) is 4.98. The summed E-state index contributed by atoms with van der Waals surface area (Å²) in [5, 5.41) is 3.77. The second-order valence-electron chi connectivity index (χ2n) is 11.5. The van der Waals surface area contributed by atoms with Crippen LogP contribution in [0.4, 0.5) is 32.4 Å². The lowest BCUT2D eigenvalue weighted by atomic mass is 9.87. The number of hydrogen-bond acceptors (Lipinski definition) is 11. The third-order valence-corrected chi connectivity index (χ3v) is 8.62. The zero-order valence-corrected chi connectivity index (χ0v) is 30.1. The van der Waals surface area contributed by atoms with Crippen LogP contribution in [0, 0.1) is 18.6 Å². The highest BCUT2D eigenvalue weighted by Crippen LogP contribution is 2.36. The molecule has 2 aromatic heterocycles. The van der Waals surface area contributed by atoms with Crippen molar-refractivity contribution in [3.63, 3.8) is 0 Å². The van der Waals surface area contributed by atoms with Crippen LogP contribution >= 0.6 is 11.3 Å². The molecule has 0 fully saturated rings. The van der Waals surface area contributed by atoms with Gasteiger partial charge < -0.3 is 29.2 Å². The van der Waals surface area contributed by atoms with E-state index in [0.29, 0.717) is 11.8 Å². The number of benzene rings is 2. The lowest BCUT2D eigenvalue weighted by Crippen LogP contribution is -2.50. The van der Waals surface area contributed by atoms with Crippen LogP contribution in [0.15, 0.2) is 60.0 Å². The van der Waals surface area contributed by atoms with Crippen molar-refractivity contribution in [3.8, 4) is 17.0 Å². The third kappa shape index (κ3) is 8.65. The number of nitrogens with one attached hydrogen (secondary N) is 1. The predicted molar refractivity (Wildman–Crippen MR) is 183 cm³/mol. The molecule has 0 saturated heterocycles. The Morgan fingerprint density at radius 3 is 2.06 bits per heavy atom. The van der Waals surface area contributed by atoms with Crippen molar-refractivity contribution >= 4 is 46.9 Å². The van der Waals surface area contributed by atoms with Crippen molar-refractivity contribution in [2.24, 2.45) is 0 Å². The molecule has 12 nitrogen and oxygen atoms in total. The maximum absolute atomic E-state index is 16.1. The number of amides is 2. The first-order valence-electron chi connectivity index (χ1n) is 15.9. The summed E-state index contributed by atoms with van der Waals surface area (Å²) in [5.74, 6) is -9.22. The monoisotopic (exact) mass is 777 g/mol. The van der Waals surface area contributed by atoms with Crippen LogP contribution in [-0.4, -0.2) is 73.7 Å². The second-order valence-corrected chi connectivity index (χ2v) is 12.4. The largest absolute Gasteiger partial charge is 0.514 e. The van der Waals surface area contributed by atoms with Gasteiger partial charge in [-0.25, -0.2) is 13.6 Å². The Hall–Kier alpha value is -5.91. The molecule has 0 aliphatic carbocycles. The van der Waals surface area contributed by atoms with E-state index in [1.807, 2.05) is 0 Å². The van der Waals surface area contributed by atoms with E-state index in [1.165, 1.54) is 57.6 Å². The number of carbonyl (C=O) groups is 5. The molecule has 1 N–H and O–H groups in total. The average Bonchev–Trinajstić information content (AvgIpc) is 3.65. The number of anilines is 1. The van der Waals surface area contributed by atoms with Crippen LogP contribution in [0.25, 0.3) is 11.3 Å². The fraction of sp³-hybridized carbons (Fsp3) is 0.278. The molecule has 286 valence electrons. The Morgan fingerprint density at radius 1 is 0.889 bits per heavy atom. The zero-order chi connectivity index (χ0) is 40.0. The molecule has 2 amide bonds. The Labute approximate surface area is 308 Å². The summed E-state index contributed by atoms with van der Waals surface area (Å²) in [6.45, 7) is 3.09. The SMILES string of the molecule is CCOC(=O)C(COC(=O)Oc1c(F)cc(NC(=O)c2ccc(C)nc2-c2ccc(C(F)(F)F)cc2)c(C(=O)N(C)C)c1F)(C(=O)OCC)c1cccs1. The van der Waals surface area contributed by atoms with Gasteiger partial charge in [-0.2, -0.15) is 13.2 Å². The minimum absolute atomic E-state index is 0.0637. The molecule has 0 spiro atoms. The summed E-state index contributed by atoms with van der Waals surface area (Å²) in [4.78, 5) is 71.2. The topological polar surface area (TPSA) is 150 Å². The summed E-state index contributed by atoms with van der Waals surface area (Å²) in [7, 11) is 2.43. The summed E-state index contributed by atoms with van der Waals surface area (Å²) in [5.41, 5.74) is -4.77. The van der Waals surface area contributed by atoms with E-state index in [2.05, 4.69) is 10.3 Å². The minimum atomic E-state index is -4.63. The van der Waals surface area contributed by atoms with Crippen LogP contribution < -0.4 is 10.1 Å². The van der Waals surface area contributed by atoms with Gasteiger partial charge in [-0.05, 0) is 56.5 Å². The molecule has 0 atom stereocenters. The number of halogens is 5. The Morgan fingerprint density at radius 2 is 1.52 bits per heavy atom. The standard InChI is InChI=1S/C36H32F5N3O9S/c1-6-50-32(47)35(33(48)51-7-2,25-9-8-16-54-25)18-52-34(49)53-29-23(37)17-24(26(27(29)38)31(46)44(4)5)43-30(45)22-15-10-19(3)42-28(22)20-11-13-21(14-12-20)36(39,40)41/h8-17H,6-7,18H2,1-5H3,(H,43,45). The van der Waals surface area contributed by atoms with Gasteiger partial charge in [0, 0.05) is 36.3 Å². The van der Waals surface area contributed by atoms with Crippen molar-refractivity contribution in [3.05, 3.63) is 98.9 Å². The molecule has 0 saturated carbocycles. The number of nitrogens with zero attached hydrogens (tertiary/aromatic N) is 2. The van der Waals surface area contributed by atoms with Gasteiger partial charge in [-0.3, -0.25) is 24.2 Å². The van der Waals surface area contributed by atoms with E-state index in [-0.39, 0.29) is 34.9 Å². The molecule has 4 rings (SSSR count). The lowest BCUT2D eigenvalue weighted by Gasteiger charge is -2.27. The smallest absolute Gasteiger partial charge is 0.465 e. The molecule has 0 aliphatic rings. The normalized spacial score (nSPS) is 11.4. The van der Waals surface area contributed by atoms with Gasteiger partial charge >= 0.3 is 24.3 Å². The maximum atomic E-state index is 16.1. The number of hydrogen-bond donors (Lipinski definition) is 1. The first-order chi connectivity index (χ1) is 25.5. The van der Waals surface area contributed by atoms with Crippen LogP contribution in [0.2, 0.25) is 0 Å². The lowest BCUT2D eigenvalue weighted by molar-refractivity contribution is -0.167. The van der Waals surface area contributed by atoms with E-state index >= 15 is 8.78 Å². The molecule has 0 unspecified atom stereocenters. The van der Waals surface area contributed by atoms with E-state index in [1.54, 1.807) is 6.92 Å². The van der Waals surface area contributed by atoms with Crippen molar-refractivity contribution < 1.29 is 64.9 Å². The van der Waals surface area contributed by atoms with Gasteiger partial charge in [0.1, 0.15) is 12.2 Å². The minimum Gasteiger partial charge on any atom is -0.465 e. The number of alkyl halides is 3. The van der Waals surface area contributed by atoms with Crippen LogP contribution in [0.3, 0.4) is 0 Å². The van der Waals surface area contributed by atoms with Gasteiger partial charge in [0.15, 0.2) is 11.6 Å². The van der Waals surface area contributed by atoms with E-state index in [4.69, 9.17) is 18.9 Å². The van der Waals surface area contributed by atoms with E-state index < -0.39 is 82.3 Å². The van der Waals surface area contributed by atoms with Crippen molar-refractivity contribution in [2.75, 3.05) is 39.2 Å². The number of rotatable bonds is 12. The molecule has 2 aromatic carbocycles. The van der Waals surface area contributed by atoms with Gasteiger partial charge in [0.2, 0.25) is 11.2 Å². The van der Waals surface area contributed by atoms with Crippen molar-refractivity contribution in [1.29, 1.82) is 0 Å². The van der Waals surface area contributed by atoms with Crippen LogP contribution in [-0.2, 0) is 35.4 Å². The Bertz CT molecular complexity index is 2040. The highest BCUT2D eigenvalue weighted by atomic mass is 32.1. The number of thiophene rings is 1. The highest BCUT2D eigenvalue weighted by molar-refractivity contribution is 7.10. The fourth-order valence-corrected chi connectivity index (χ4v) is 5.86. The van der Waals surface area contributed by atoms with Gasteiger partial charge in [-0.1, -0.05) is 18.2 Å². The molecular formula is C36H32F5N3O9S. The van der Waals surface area contributed by atoms with Crippen molar-refractivity contribution in [1.82, 2.24) is 9.88 Å². The highest BCUT2D eigenvalue weighted by Gasteiger charge is 2.53. The summed E-state index contributed by atoms with van der Waals surface area (Å²) in [6.07, 6.45) is -6.43. The number of esters is 2. The zero-order valence-electron chi connectivity index (χ0n) is 29.3. The average molecular weight is 778 g/mol. The molecule has 4 aromatic rings. The molecule has 18 heteroatoms. The molecule has 0 bridgehead atoms.